The van der Waals surface area contributed by atoms with Crippen LogP contribution in [0.5, 0.6) is 0 Å². The SMILES string of the molecule is Cc1ccc(F)cc1NC(=O)Cn1c(=O)n(Cc2ccco2)c(=O)c2sccc21. The molecule has 1 aromatic carbocycles. The lowest BCUT2D eigenvalue weighted by atomic mass is 10.2. The van der Waals surface area contributed by atoms with E-state index in [9.17, 15) is 18.8 Å². The number of rotatable bonds is 5. The fraction of sp³-hybridized carbons (Fsp3) is 0.150. The number of nitrogens with zero attached hydrogens (tertiary/aromatic N) is 2. The first-order valence-electron chi connectivity index (χ1n) is 8.73. The number of nitrogens with one attached hydrogen (secondary N) is 1. The van der Waals surface area contributed by atoms with Gasteiger partial charge in [-0.25, -0.2) is 9.18 Å². The van der Waals surface area contributed by atoms with Crippen LogP contribution in [-0.4, -0.2) is 15.0 Å². The van der Waals surface area contributed by atoms with Gasteiger partial charge in [0.25, 0.3) is 5.56 Å². The quantitative estimate of drug-likeness (QED) is 0.545. The van der Waals surface area contributed by atoms with E-state index < -0.39 is 23.0 Å². The van der Waals surface area contributed by atoms with Gasteiger partial charge in [0.15, 0.2) is 0 Å². The van der Waals surface area contributed by atoms with Crippen molar-refractivity contribution in [1.82, 2.24) is 9.13 Å². The van der Waals surface area contributed by atoms with Crippen LogP contribution in [0.4, 0.5) is 10.1 Å². The average Bonchev–Trinajstić information content (AvgIpc) is 3.37. The number of hydrogen-bond donors (Lipinski definition) is 1. The number of aromatic nitrogens is 2. The molecule has 0 unspecified atom stereocenters. The van der Waals surface area contributed by atoms with Gasteiger partial charge in [0.05, 0.1) is 18.3 Å². The Kier molecular flexibility index (Phi) is 4.89. The van der Waals surface area contributed by atoms with Crippen molar-refractivity contribution in [3.8, 4) is 0 Å². The summed E-state index contributed by atoms with van der Waals surface area (Å²) in [6.07, 6.45) is 1.46. The van der Waals surface area contributed by atoms with E-state index in [4.69, 9.17) is 4.42 Å². The third kappa shape index (κ3) is 3.64. The van der Waals surface area contributed by atoms with E-state index in [-0.39, 0.29) is 13.1 Å². The minimum atomic E-state index is -0.622. The summed E-state index contributed by atoms with van der Waals surface area (Å²) in [6.45, 7) is 1.38. The third-order valence-electron chi connectivity index (χ3n) is 4.51. The molecule has 0 aliphatic carbocycles. The van der Waals surface area contributed by atoms with Crippen LogP contribution in [0.1, 0.15) is 11.3 Å². The largest absolute Gasteiger partial charge is 0.467 e. The Labute approximate surface area is 167 Å². The third-order valence-corrected chi connectivity index (χ3v) is 5.40. The second kappa shape index (κ2) is 7.51. The van der Waals surface area contributed by atoms with Gasteiger partial charge in [-0.05, 0) is 48.2 Å². The molecule has 1 amide bonds. The van der Waals surface area contributed by atoms with Crippen LogP contribution in [0, 0.1) is 12.7 Å². The first kappa shape index (κ1) is 18.9. The molecule has 0 aliphatic heterocycles. The smallest absolute Gasteiger partial charge is 0.332 e. The molecule has 0 bridgehead atoms. The molecule has 148 valence electrons. The topological polar surface area (TPSA) is 86.2 Å². The molecule has 0 saturated heterocycles. The summed E-state index contributed by atoms with van der Waals surface area (Å²) < 4.78 is 21.4. The molecular formula is C20H16FN3O4S. The molecule has 3 aromatic heterocycles. The number of fused-ring (bicyclic) bond motifs is 1. The molecule has 9 heteroatoms. The lowest BCUT2D eigenvalue weighted by Crippen LogP contribution is -2.41. The Bertz CT molecular complexity index is 1320. The van der Waals surface area contributed by atoms with Gasteiger partial charge in [-0.3, -0.25) is 18.7 Å². The normalized spacial score (nSPS) is 11.1. The van der Waals surface area contributed by atoms with Crippen LogP contribution in [0.25, 0.3) is 10.2 Å². The average molecular weight is 413 g/mol. The summed E-state index contributed by atoms with van der Waals surface area (Å²) in [6, 6.07) is 9.02. The maximum absolute atomic E-state index is 13.5. The van der Waals surface area contributed by atoms with Gasteiger partial charge in [0.2, 0.25) is 5.91 Å². The Balaban J connectivity index is 1.72. The number of thiophene rings is 1. The summed E-state index contributed by atoms with van der Waals surface area (Å²) in [5.41, 5.74) is 0.341. The Morgan fingerprint density at radius 3 is 2.79 bits per heavy atom. The molecule has 0 aliphatic rings. The number of carbonyl (C=O) groups excluding carboxylic acids is 1. The van der Waals surface area contributed by atoms with Gasteiger partial charge in [-0.1, -0.05) is 6.07 Å². The monoisotopic (exact) mass is 413 g/mol. The summed E-state index contributed by atoms with van der Waals surface area (Å²) >= 11 is 1.19. The number of carbonyl (C=O) groups is 1. The Morgan fingerprint density at radius 1 is 1.21 bits per heavy atom. The van der Waals surface area contributed by atoms with Gasteiger partial charge in [-0.15, -0.1) is 11.3 Å². The fourth-order valence-electron chi connectivity index (χ4n) is 3.05. The van der Waals surface area contributed by atoms with Crippen LogP contribution >= 0.6 is 11.3 Å². The minimum Gasteiger partial charge on any atom is -0.467 e. The van der Waals surface area contributed by atoms with Crippen molar-refractivity contribution in [3.63, 3.8) is 0 Å². The standard InChI is InChI=1S/C20H16FN3O4S/c1-12-4-5-13(21)9-15(12)22-17(25)11-23-16-6-8-29-18(16)19(26)24(20(23)27)10-14-3-2-7-28-14/h2-9H,10-11H2,1H3,(H,22,25). The molecule has 29 heavy (non-hydrogen) atoms. The van der Waals surface area contributed by atoms with Gasteiger partial charge >= 0.3 is 5.69 Å². The van der Waals surface area contributed by atoms with Crippen LogP contribution in [-0.2, 0) is 17.9 Å². The molecule has 3 heterocycles. The van der Waals surface area contributed by atoms with Crippen molar-refractivity contribution in [2.75, 3.05) is 5.32 Å². The maximum Gasteiger partial charge on any atom is 0.332 e. The number of anilines is 1. The van der Waals surface area contributed by atoms with E-state index in [0.29, 0.717) is 27.2 Å². The highest BCUT2D eigenvalue weighted by Crippen LogP contribution is 2.18. The second-order valence-electron chi connectivity index (χ2n) is 6.48. The van der Waals surface area contributed by atoms with E-state index in [0.717, 1.165) is 4.57 Å². The second-order valence-corrected chi connectivity index (χ2v) is 7.40. The maximum atomic E-state index is 13.5. The first-order chi connectivity index (χ1) is 13.9. The van der Waals surface area contributed by atoms with Crippen LogP contribution in [0.15, 0.2) is 62.0 Å². The van der Waals surface area contributed by atoms with Gasteiger partial charge in [-0.2, -0.15) is 0 Å². The van der Waals surface area contributed by atoms with E-state index in [1.807, 2.05) is 0 Å². The van der Waals surface area contributed by atoms with Gasteiger partial charge in [0.1, 0.15) is 22.8 Å². The van der Waals surface area contributed by atoms with Crippen molar-refractivity contribution in [1.29, 1.82) is 0 Å². The molecular weight excluding hydrogens is 397 g/mol. The number of aryl methyl sites for hydroxylation is 1. The fourth-order valence-corrected chi connectivity index (χ4v) is 3.89. The predicted molar refractivity (Wildman–Crippen MR) is 108 cm³/mol. The van der Waals surface area contributed by atoms with Gasteiger partial charge < -0.3 is 9.73 Å². The molecule has 7 nitrogen and oxygen atoms in total. The van der Waals surface area contributed by atoms with E-state index >= 15 is 0 Å². The predicted octanol–water partition coefficient (Wildman–Crippen LogP) is 2.95. The van der Waals surface area contributed by atoms with Crippen molar-refractivity contribution in [3.05, 3.63) is 86.0 Å². The minimum absolute atomic E-state index is 0.0386. The first-order valence-corrected chi connectivity index (χ1v) is 9.61. The van der Waals surface area contributed by atoms with Crippen molar-refractivity contribution >= 4 is 33.1 Å². The lowest BCUT2D eigenvalue weighted by molar-refractivity contribution is -0.116. The molecule has 0 saturated carbocycles. The lowest BCUT2D eigenvalue weighted by Gasteiger charge is -2.13. The zero-order chi connectivity index (χ0) is 20.5. The Hall–Kier alpha value is -3.46. The molecule has 1 N–H and O–H groups in total. The van der Waals surface area contributed by atoms with Crippen LogP contribution in [0.2, 0.25) is 0 Å². The highest BCUT2D eigenvalue weighted by atomic mass is 32.1. The summed E-state index contributed by atoms with van der Waals surface area (Å²) in [4.78, 5) is 38.3. The molecule has 0 radical (unpaired) electrons. The molecule has 0 spiro atoms. The number of hydrogen-bond acceptors (Lipinski definition) is 5. The number of furan rings is 1. The van der Waals surface area contributed by atoms with Crippen molar-refractivity contribution in [2.24, 2.45) is 0 Å². The zero-order valence-corrected chi connectivity index (χ0v) is 16.2. The highest BCUT2D eigenvalue weighted by Gasteiger charge is 2.17. The number of halogens is 1. The number of benzene rings is 1. The summed E-state index contributed by atoms with van der Waals surface area (Å²) in [5.74, 6) is -0.529. The number of amides is 1. The van der Waals surface area contributed by atoms with Crippen LogP contribution < -0.4 is 16.6 Å². The van der Waals surface area contributed by atoms with Crippen LogP contribution in [0.3, 0.4) is 0 Å². The summed E-state index contributed by atoms with van der Waals surface area (Å²) in [5, 5.41) is 4.31. The zero-order valence-electron chi connectivity index (χ0n) is 15.3. The Morgan fingerprint density at radius 2 is 2.03 bits per heavy atom. The van der Waals surface area contributed by atoms with E-state index in [2.05, 4.69) is 5.32 Å². The molecule has 0 fully saturated rings. The van der Waals surface area contributed by atoms with Crippen molar-refractivity contribution < 1.29 is 13.6 Å². The highest BCUT2D eigenvalue weighted by molar-refractivity contribution is 7.17. The summed E-state index contributed by atoms with van der Waals surface area (Å²) in [7, 11) is 0. The van der Waals surface area contributed by atoms with E-state index in [1.54, 1.807) is 36.6 Å². The molecule has 0 atom stereocenters. The molecule has 4 rings (SSSR count). The van der Waals surface area contributed by atoms with Crippen molar-refractivity contribution in [2.45, 2.75) is 20.0 Å². The van der Waals surface area contributed by atoms with E-state index in [1.165, 1.54) is 34.3 Å². The molecule has 4 aromatic rings. The van der Waals surface area contributed by atoms with Gasteiger partial charge in [0, 0.05) is 5.69 Å².